The zero-order valence-electron chi connectivity index (χ0n) is 9.22. The van der Waals surface area contributed by atoms with Crippen LogP contribution in [0.1, 0.15) is 28.4 Å². The molecule has 0 fully saturated rings. The van der Waals surface area contributed by atoms with E-state index in [0.29, 0.717) is 17.7 Å². The molecule has 1 aliphatic heterocycles. The van der Waals surface area contributed by atoms with Crippen molar-refractivity contribution in [2.45, 2.75) is 12.5 Å². The molecule has 0 aromatic heterocycles. The van der Waals surface area contributed by atoms with E-state index in [1.165, 1.54) is 0 Å². The van der Waals surface area contributed by atoms with Crippen molar-refractivity contribution in [3.63, 3.8) is 0 Å². The average Bonchev–Trinajstić information content (AvgIpc) is 2.40. The van der Waals surface area contributed by atoms with E-state index in [1.54, 1.807) is 18.2 Å². The van der Waals surface area contributed by atoms with Gasteiger partial charge in [0.25, 0.3) is 0 Å². The Kier molecular flexibility index (Phi) is 2.41. The SMILES string of the molecule is O=C1CC(c2ccccc2)Oc2c[c]ccc21. The van der Waals surface area contributed by atoms with Gasteiger partial charge in [-0.15, -0.1) is 0 Å². The third-order valence-electron chi connectivity index (χ3n) is 2.94. The van der Waals surface area contributed by atoms with E-state index in [0.717, 1.165) is 5.56 Å². The van der Waals surface area contributed by atoms with Gasteiger partial charge in [0.2, 0.25) is 0 Å². The van der Waals surface area contributed by atoms with Gasteiger partial charge in [-0.3, -0.25) is 4.79 Å². The minimum atomic E-state index is -0.174. The molecule has 0 aliphatic carbocycles. The molecule has 1 atom stereocenters. The Bertz CT molecular complexity index is 546. The van der Waals surface area contributed by atoms with E-state index in [1.807, 2.05) is 30.3 Å². The van der Waals surface area contributed by atoms with Crippen LogP contribution in [0.25, 0.3) is 0 Å². The van der Waals surface area contributed by atoms with Crippen molar-refractivity contribution in [2.24, 2.45) is 0 Å². The van der Waals surface area contributed by atoms with Gasteiger partial charge in [0, 0.05) is 0 Å². The second-order valence-corrected chi connectivity index (χ2v) is 4.07. The third kappa shape index (κ3) is 1.82. The first-order valence-electron chi connectivity index (χ1n) is 5.59. The molecule has 2 aromatic rings. The van der Waals surface area contributed by atoms with E-state index >= 15 is 0 Å². The molecule has 83 valence electrons. The molecular weight excluding hydrogens is 212 g/mol. The molecule has 0 bridgehead atoms. The third-order valence-corrected chi connectivity index (χ3v) is 2.94. The van der Waals surface area contributed by atoms with Gasteiger partial charge < -0.3 is 4.74 Å². The molecule has 0 saturated heterocycles. The number of rotatable bonds is 1. The molecule has 2 aromatic carbocycles. The summed E-state index contributed by atoms with van der Waals surface area (Å²) >= 11 is 0. The van der Waals surface area contributed by atoms with Crippen LogP contribution >= 0.6 is 0 Å². The number of benzene rings is 2. The minimum absolute atomic E-state index is 0.133. The van der Waals surface area contributed by atoms with Crippen molar-refractivity contribution in [1.29, 1.82) is 0 Å². The van der Waals surface area contributed by atoms with Gasteiger partial charge in [-0.1, -0.05) is 36.4 Å². The van der Waals surface area contributed by atoms with Crippen LogP contribution in [-0.4, -0.2) is 5.78 Å². The van der Waals surface area contributed by atoms with Gasteiger partial charge in [0.1, 0.15) is 11.9 Å². The van der Waals surface area contributed by atoms with E-state index in [2.05, 4.69) is 6.07 Å². The normalized spacial score (nSPS) is 18.4. The first kappa shape index (κ1) is 10.1. The summed E-state index contributed by atoms with van der Waals surface area (Å²) in [4.78, 5) is 12.0. The van der Waals surface area contributed by atoms with Crippen LogP contribution < -0.4 is 4.74 Å². The van der Waals surface area contributed by atoms with Gasteiger partial charge in [-0.2, -0.15) is 0 Å². The van der Waals surface area contributed by atoms with Crippen molar-refractivity contribution in [2.75, 3.05) is 0 Å². The molecule has 17 heavy (non-hydrogen) atoms. The second-order valence-electron chi connectivity index (χ2n) is 4.07. The van der Waals surface area contributed by atoms with Gasteiger partial charge in [-0.05, 0) is 23.8 Å². The number of ketones is 1. The molecule has 1 aliphatic rings. The highest BCUT2D eigenvalue weighted by Gasteiger charge is 2.26. The smallest absolute Gasteiger partial charge is 0.170 e. The Morgan fingerprint density at radius 3 is 2.82 bits per heavy atom. The Hall–Kier alpha value is -2.09. The highest BCUT2D eigenvalue weighted by molar-refractivity contribution is 5.99. The fraction of sp³-hybridized carbons (Fsp3) is 0.133. The molecule has 1 unspecified atom stereocenters. The fourth-order valence-electron chi connectivity index (χ4n) is 2.07. The van der Waals surface area contributed by atoms with Crippen LogP contribution in [0, 0.1) is 6.07 Å². The van der Waals surface area contributed by atoms with E-state index in [9.17, 15) is 4.79 Å². The fourth-order valence-corrected chi connectivity index (χ4v) is 2.07. The van der Waals surface area contributed by atoms with Gasteiger partial charge in [-0.25, -0.2) is 0 Å². The quantitative estimate of drug-likeness (QED) is 0.742. The molecule has 1 radical (unpaired) electrons. The number of hydrogen-bond donors (Lipinski definition) is 0. The zero-order chi connectivity index (χ0) is 11.7. The summed E-state index contributed by atoms with van der Waals surface area (Å²) < 4.78 is 5.84. The molecule has 0 N–H and O–H groups in total. The average molecular weight is 223 g/mol. The predicted octanol–water partition coefficient (Wildman–Crippen LogP) is 3.19. The summed E-state index contributed by atoms with van der Waals surface area (Å²) in [5.41, 5.74) is 1.70. The highest BCUT2D eigenvalue weighted by Crippen LogP contribution is 2.34. The summed E-state index contributed by atoms with van der Waals surface area (Å²) in [6.45, 7) is 0. The number of carbonyl (C=O) groups is 1. The van der Waals surface area contributed by atoms with Gasteiger partial charge in [0.05, 0.1) is 12.0 Å². The summed E-state index contributed by atoms with van der Waals surface area (Å²) in [5, 5.41) is 0. The van der Waals surface area contributed by atoms with Crippen LogP contribution in [-0.2, 0) is 0 Å². The second kappa shape index (κ2) is 4.06. The summed E-state index contributed by atoms with van der Waals surface area (Å²) in [7, 11) is 0. The maximum atomic E-state index is 12.0. The molecule has 0 saturated carbocycles. The lowest BCUT2D eigenvalue weighted by molar-refractivity contribution is 0.0850. The Balaban J connectivity index is 1.97. The number of carbonyl (C=O) groups excluding carboxylic acids is 1. The van der Waals surface area contributed by atoms with Gasteiger partial charge >= 0.3 is 0 Å². The summed E-state index contributed by atoms with van der Waals surface area (Å²) in [6, 6.07) is 18.0. The zero-order valence-corrected chi connectivity index (χ0v) is 9.22. The molecule has 2 nitrogen and oxygen atoms in total. The van der Waals surface area contributed by atoms with Crippen molar-refractivity contribution in [1.82, 2.24) is 0 Å². The van der Waals surface area contributed by atoms with Crippen LogP contribution in [0.4, 0.5) is 0 Å². The lowest BCUT2D eigenvalue weighted by Gasteiger charge is -2.25. The number of Topliss-reactive ketones (excluding diaryl/α,β-unsaturated/α-hetero) is 1. The number of fused-ring (bicyclic) bond motifs is 1. The van der Waals surface area contributed by atoms with Crippen molar-refractivity contribution in [3.05, 3.63) is 65.7 Å². The minimum Gasteiger partial charge on any atom is -0.484 e. The van der Waals surface area contributed by atoms with Crippen molar-refractivity contribution in [3.8, 4) is 5.75 Å². The monoisotopic (exact) mass is 223 g/mol. The Morgan fingerprint density at radius 2 is 2.00 bits per heavy atom. The lowest BCUT2D eigenvalue weighted by Crippen LogP contribution is -2.20. The largest absolute Gasteiger partial charge is 0.484 e. The van der Waals surface area contributed by atoms with Crippen molar-refractivity contribution >= 4 is 5.78 Å². The first-order chi connectivity index (χ1) is 8.34. The van der Waals surface area contributed by atoms with Crippen LogP contribution in [0.15, 0.2) is 48.5 Å². The maximum absolute atomic E-state index is 12.0. The summed E-state index contributed by atoms with van der Waals surface area (Å²) in [5.74, 6) is 0.770. The Labute approximate surface area is 99.9 Å². The lowest BCUT2D eigenvalue weighted by atomic mass is 9.96. The highest BCUT2D eigenvalue weighted by atomic mass is 16.5. The standard InChI is InChI=1S/C15H11O2/c16-13-10-15(11-6-2-1-3-7-11)17-14-9-5-4-8-12(13)14/h1-4,6-9,15H,10H2. The topological polar surface area (TPSA) is 26.3 Å². The maximum Gasteiger partial charge on any atom is 0.170 e. The molecule has 0 amide bonds. The van der Waals surface area contributed by atoms with Gasteiger partial charge in [0.15, 0.2) is 5.78 Å². The van der Waals surface area contributed by atoms with Crippen LogP contribution in [0.2, 0.25) is 0 Å². The van der Waals surface area contributed by atoms with E-state index < -0.39 is 0 Å². The first-order valence-corrected chi connectivity index (χ1v) is 5.59. The molecule has 1 heterocycles. The van der Waals surface area contributed by atoms with Crippen LogP contribution in [0.5, 0.6) is 5.75 Å². The Morgan fingerprint density at radius 1 is 1.18 bits per heavy atom. The molecule has 3 rings (SSSR count). The number of hydrogen-bond acceptors (Lipinski definition) is 2. The summed E-state index contributed by atoms with van der Waals surface area (Å²) in [6.07, 6.45) is 0.230. The number of ether oxygens (including phenoxy) is 1. The van der Waals surface area contributed by atoms with E-state index in [4.69, 9.17) is 4.74 Å². The van der Waals surface area contributed by atoms with Crippen LogP contribution in [0.3, 0.4) is 0 Å². The molecular formula is C15H11O2. The predicted molar refractivity (Wildman–Crippen MR) is 64.0 cm³/mol. The van der Waals surface area contributed by atoms with Crippen molar-refractivity contribution < 1.29 is 9.53 Å². The molecule has 2 heteroatoms. The van der Waals surface area contributed by atoms with E-state index in [-0.39, 0.29) is 11.9 Å². The molecule has 0 spiro atoms.